The fourth-order valence-corrected chi connectivity index (χ4v) is 2.51. The summed E-state index contributed by atoms with van der Waals surface area (Å²) >= 11 is 0. The molecule has 5 heteroatoms. The third-order valence-corrected chi connectivity index (χ3v) is 4.18. The third kappa shape index (κ3) is 2.77. The Balaban J connectivity index is 1.79. The maximum atomic E-state index is 12.5. The number of aromatic nitrogens is 2. The van der Waals surface area contributed by atoms with Gasteiger partial charge in [0.2, 0.25) is 0 Å². The summed E-state index contributed by atoms with van der Waals surface area (Å²) in [6.07, 6.45) is 4.23. The summed E-state index contributed by atoms with van der Waals surface area (Å²) in [4.78, 5) is 14.3. The number of hydrogen-bond donors (Lipinski definition) is 1. The van der Waals surface area contributed by atoms with Gasteiger partial charge < -0.3 is 10.6 Å². The van der Waals surface area contributed by atoms with E-state index in [4.69, 9.17) is 5.73 Å². The van der Waals surface area contributed by atoms with Crippen LogP contribution in [0.25, 0.3) is 5.69 Å². The van der Waals surface area contributed by atoms with Crippen molar-refractivity contribution >= 4 is 11.6 Å². The highest BCUT2D eigenvalue weighted by atomic mass is 16.2. The molecule has 1 aliphatic carbocycles. The average Bonchev–Trinajstić information content (AvgIpc) is 3.22. The first kappa shape index (κ1) is 13.7. The van der Waals surface area contributed by atoms with E-state index >= 15 is 0 Å². The van der Waals surface area contributed by atoms with Gasteiger partial charge in [-0.25, -0.2) is 4.68 Å². The maximum absolute atomic E-state index is 12.5. The van der Waals surface area contributed by atoms with E-state index in [0.29, 0.717) is 17.3 Å². The van der Waals surface area contributed by atoms with Crippen molar-refractivity contribution in [3.8, 4) is 5.69 Å². The molecule has 1 saturated carbocycles. The van der Waals surface area contributed by atoms with Crippen LogP contribution in [-0.2, 0) is 0 Å². The van der Waals surface area contributed by atoms with E-state index in [0.717, 1.165) is 5.69 Å². The minimum Gasteiger partial charge on any atom is -0.399 e. The molecule has 2 aromatic rings. The smallest absolute Gasteiger partial charge is 0.274 e. The van der Waals surface area contributed by atoms with Crippen LogP contribution in [0.2, 0.25) is 0 Å². The number of carbonyl (C=O) groups is 1. The van der Waals surface area contributed by atoms with Gasteiger partial charge in [-0.15, -0.1) is 0 Å². The first-order valence-electron chi connectivity index (χ1n) is 7.25. The Kier molecular flexibility index (Phi) is 3.41. The lowest BCUT2D eigenvalue weighted by Crippen LogP contribution is -2.36. The largest absolute Gasteiger partial charge is 0.399 e. The topological polar surface area (TPSA) is 64.2 Å². The molecule has 110 valence electrons. The summed E-state index contributed by atoms with van der Waals surface area (Å²) in [5.41, 5.74) is 7.77. The van der Waals surface area contributed by atoms with Crippen LogP contribution in [0.3, 0.4) is 0 Å². The number of amides is 1. The molecule has 1 unspecified atom stereocenters. The van der Waals surface area contributed by atoms with Gasteiger partial charge in [-0.05, 0) is 49.9 Å². The quantitative estimate of drug-likeness (QED) is 0.876. The molecule has 0 aliphatic heterocycles. The van der Waals surface area contributed by atoms with Crippen LogP contribution < -0.4 is 5.73 Å². The number of hydrogen-bond acceptors (Lipinski definition) is 3. The van der Waals surface area contributed by atoms with Crippen LogP contribution in [0.1, 0.15) is 30.3 Å². The van der Waals surface area contributed by atoms with Gasteiger partial charge in [0.1, 0.15) is 0 Å². The van der Waals surface area contributed by atoms with Crippen LogP contribution in [0.5, 0.6) is 0 Å². The van der Waals surface area contributed by atoms with Gasteiger partial charge in [-0.1, -0.05) is 6.07 Å². The predicted molar refractivity (Wildman–Crippen MR) is 82.3 cm³/mol. The fourth-order valence-electron chi connectivity index (χ4n) is 2.51. The molecule has 1 aromatic heterocycles. The summed E-state index contributed by atoms with van der Waals surface area (Å²) in [7, 11) is 1.85. The van der Waals surface area contributed by atoms with Crippen LogP contribution in [0.15, 0.2) is 36.5 Å². The number of nitrogens with two attached hydrogens (primary N) is 1. The van der Waals surface area contributed by atoms with Crippen LogP contribution in [0.4, 0.5) is 5.69 Å². The molecule has 2 N–H and O–H groups in total. The van der Waals surface area contributed by atoms with Crippen molar-refractivity contribution in [1.82, 2.24) is 14.7 Å². The molecule has 1 heterocycles. The Morgan fingerprint density at radius 3 is 2.86 bits per heavy atom. The molecule has 1 fully saturated rings. The van der Waals surface area contributed by atoms with E-state index in [-0.39, 0.29) is 11.9 Å². The molecule has 0 radical (unpaired) electrons. The number of rotatable bonds is 4. The summed E-state index contributed by atoms with van der Waals surface area (Å²) < 4.78 is 1.68. The Bertz CT molecular complexity index is 660. The number of carbonyl (C=O) groups excluding carboxylic acids is 1. The highest BCUT2D eigenvalue weighted by Gasteiger charge is 2.33. The van der Waals surface area contributed by atoms with Crippen molar-refractivity contribution in [1.29, 1.82) is 0 Å². The Morgan fingerprint density at radius 1 is 1.43 bits per heavy atom. The Hall–Kier alpha value is -2.30. The zero-order chi connectivity index (χ0) is 15.0. The minimum absolute atomic E-state index is 0.0305. The van der Waals surface area contributed by atoms with E-state index in [1.165, 1.54) is 12.8 Å². The molecule has 21 heavy (non-hydrogen) atoms. The predicted octanol–water partition coefficient (Wildman–Crippen LogP) is 2.33. The summed E-state index contributed by atoms with van der Waals surface area (Å²) in [6, 6.07) is 9.46. The highest BCUT2D eigenvalue weighted by Crippen LogP contribution is 2.35. The summed E-state index contributed by atoms with van der Waals surface area (Å²) in [5, 5.41) is 4.37. The van der Waals surface area contributed by atoms with Gasteiger partial charge in [0, 0.05) is 25.0 Å². The summed E-state index contributed by atoms with van der Waals surface area (Å²) in [6.45, 7) is 2.10. The molecule has 1 atom stereocenters. The van der Waals surface area contributed by atoms with Crippen molar-refractivity contribution in [3.63, 3.8) is 0 Å². The van der Waals surface area contributed by atoms with Crippen molar-refractivity contribution in [2.75, 3.05) is 12.8 Å². The standard InChI is InChI=1S/C16H20N4O/c1-11(12-6-7-12)19(2)16(21)15-8-9-20(18-15)14-5-3-4-13(17)10-14/h3-5,8-12H,6-7,17H2,1-2H3. The molecule has 3 rings (SSSR count). The van der Waals surface area contributed by atoms with Crippen LogP contribution >= 0.6 is 0 Å². The lowest BCUT2D eigenvalue weighted by molar-refractivity contribution is 0.0721. The molecule has 1 aromatic carbocycles. The zero-order valence-corrected chi connectivity index (χ0v) is 12.4. The van der Waals surface area contributed by atoms with Crippen LogP contribution in [-0.4, -0.2) is 33.7 Å². The molecule has 1 amide bonds. The second-order valence-electron chi connectivity index (χ2n) is 5.73. The number of benzene rings is 1. The molecule has 1 aliphatic rings. The second kappa shape index (κ2) is 5.24. The third-order valence-electron chi connectivity index (χ3n) is 4.18. The van der Waals surface area contributed by atoms with E-state index in [2.05, 4.69) is 12.0 Å². The molecule has 5 nitrogen and oxygen atoms in total. The lowest BCUT2D eigenvalue weighted by atomic mass is 10.2. The SMILES string of the molecule is CC(C1CC1)N(C)C(=O)c1ccn(-c2cccc(N)c2)n1. The Labute approximate surface area is 124 Å². The van der Waals surface area contributed by atoms with Crippen molar-refractivity contribution in [3.05, 3.63) is 42.2 Å². The molecule has 0 bridgehead atoms. The van der Waals surface area contributed by atoms with Crippen molar-refractivity contribution in [2.24, 2.45) is 5.92 Å². The van der Waals surface area contributed by atoms with Gasteiger partial charge >= 0.3 is 0 Å². The van der Waals surface area contributed by atoms with Gasteiger partial charge in [-0.2, -0.15) is 5.10 Å². The van der Waals surface area contributed by atoms with Gasteiger partial charge in [0.05, 0.1) is 5.69 Å². The average molecular weight is 284 g/mol. The fraction of sp³-hybridized carbons (Fsp3) is 0.375. The highest BCUT2D eigenvalue weighted by molar-refractivity contribution is 5.92. The number of anilines is 1. The van der Waals surface area contributed by atoms with Gasteiger partial charge in [0.25, 0.3) is 5.91 Å². The maximum Gasteiger partial charge on any atom is 0.274 e. The minimum atomic E-state index is -0.0305. The molecule has 0 spiro atoms. The monoisotopic (exact) mass is 284 g/mol. The van der Waals surface area contributed by atoms with Crippen LogP contribution in [0, 0.1) is 5.92 Å². The molecular formula is C16H20N4O. The van der Waals surface area contributed by atoms with E-state index in [1.54, 1.807) is 21.8 Å². The zero-order valence-electron chi connectivity index (χ0n) is 12.4. The summed E-state index contributed by atoms with van der Waals surface area (Å²) in [5.74, 6) is 0.618. The van der Waals surface area contributed by atoms with Gasteiger partial charge in [0.15, 0.2) is 5.69 Å². The normalized spacial score (nSPS) is 15.7. The Morgan fingerprint density at radius 2 is 2.19 bits per heavy atom. The lowest BCUT2D eigenvalue weighted by Gasteiger charge is -2.23. The van der Waals surface area contributed by atoms with E-state index < -0.39 is 0 Å². The van der Waals surface area contributed by atoms with E-state index in [9.17, 15) is 4.79 Å². The number of nitrogens with zero attached hydrogens (tertiary/aromatic N) is 3. The van der Waals surface area contributed by atoms with Crippen molar-refractivity contribution < 1.29 is 4.79 Å². The van der Waals surface area contributed by atoms with Gasteiger partial charge in [-0.3, -0.25) is 4.79 Å². The van der Waals surface area contributed by atoms with E-state index in [1.807, 2.05) is 31.3 Å². The first-order valence-corrected chi connectivity index (χ1v) is 7.25. The van der Waals surface area contributed by atoms with Crippen molar-refractivity contribution in [2.45, 2.75) is 25.8 Å². The molecular weight excluding hydrogens is 264 g/mol. The first-order chi connectivity index (χ1) is 10.1. The second-order valence-corrected chi connectivity index (χ2v) is 5.73. The number of nitrogen functional groups attached to an aromatic ring is 1. The molecule has 0 saturated heterocycles.